The van der Waals surface area contributed by atoms with E-state index in [2.05, 4.69) is 35.5 Å². The molecule has 7 nitrogen and oxygen atoms in total. The zero-order valence-electron chi connectivity index (χ0n) is 11.9. The summed E-state index contributed by atoms with van der Waals surface area (Å²) in [5, 5.41) is 14.0. The van der Waals surface area contributed by atoms with E-state index < -0.39 is 0 Å². The number of hydrogen-bond acceptors (Lipinski definition) is 7. The Morgan fingerprint density at radius 1 is 1.00 bits per heavy atom. The minimum absolute atomic E-state index is 0.230. The molecular weight excluding hydrogens is 268 g/mol. The number of rotatable bonds is 5. The number of aromatic nitrogens is 4. The van der Waals surface area contributed by atoms with Gasteiger partial charge < -0.3 is 10.6 Å². The lowest BCUT2D eigenvalue weighted by molar-refractivity contribution is 0.314. The molecular formula is C14H16N6O. The number of fused-ring (bicyclic) bond motifs is 1. The van der Waals surface area contributed by atoms with Crippen molar-refractivity contribution in [3.05, 3.63) is 35.9 Å². The molecule has 2 N–H and O–H groups in total. The molecule has 0 spiro atoms. The van der Waals surface area contributed by atoms with Gasteiger partial charge in [-0.1, -0.05) is 30.3 Å². The zero-order valence-corrected chi connectivity index (χ0v) is 11.9. The molecule has 108 valence electrons. The van der Waals surface area contributed by atoms with Gasteiger partial charge in [0.15, 0.2) is 11.6 Å². The van der Waals surface area contributed by atoms with E-state index in [1.807, 2.05) is 44.2 Å². The minimum Gasteiger partial charge on any atom is -0.365 e. The van der Waals surface area contributed by atoms with E-state index >= 15 is 0 Å². The standard InChI is InChI=1S/C14H16N6O/c1-9(2)16-12-11(15-8-10-6-4-3-5-7-10)17-13-14(18-12)20-21-19-13/h3-7,9H,8H2,1-2H3,(H,15,17,19)(H,16,18,20). The molecule has 21 heavy (non-hydrogen) atoms. The van der Waals surface area contributed by atoms with E-state index in [4.69, 9.17) is 0 Å². The number of nitrogens with zero attached hydrogens (tertiary/aromatic N) is 4. The van der Waals surface area contributed by atoms with Crippen LogP contribution in [0.5, 0.6) is 0 Å². The third kappa shape index (κ3) is 3.07. The molecule has 2 heterocycles. The van der Waals surface area contributed by atoms with Crippen LogP contribution in [0.15, 0.2) is 35.0 Å². The fourth-order valence-corrected chi connectivity index (χ4v) is 1.92. The lowest BCUT2D eigenvalue weighted by Gasteiger charge is -2.13. The second-order valence-corrected chi connectivity index (χ2v) is 4.97. The monoisotopic (exact) mass is 284 g/mol. The maximum atomic E-state index is 4.66. The first-order chi connectivity index (χ1) is 10.2. The van der Waals surface area contributed by atoms with E-state index in [1.54, 1.807) is 0 Å². The quantitative estimate of drug-likeness (QED) is 0.743. The molecule has 0 aliphatic rings. The van der Waals surface area contributed by atoms with Crippen LogP contribution in [0.4, 0.5) is 11.6 Å². The van der Waals surface area contributed by atoms with Crippen LogP contribution in [0.1, 0.15) is 19.4 Å². The Morgan fingerprint density at radius 2 is 1.67 bits per heavy atom. The molecule has 0 aliphatic heterocycles. The van der Waals surface area contributed by atoms with Gasteiger partial charge in [0.2, 0.25) is 11.3 Å². The summed E-state index contributed by atoms with van der Waals surface area (Å²) in [7, 11) is 0. The van der Waals surface area contributed by atoms with Crippen molar-refractivity contribution in [2.24, 2.45) is 0 Å². The average molecular weight is 284 g/mol. The van der Waals surface area contributed by atoms with Gasteiger partial charge in [-0.25, -0.2) is 14.6 Å². The van der Waals surface area contributed by atoms with Crippen LogP contribution in [-0.2, 0) is 6.54 Å². The Hall–Kier alpha value is -2.70. The van der Waals surface area contributed by atoms with Crippen molar-refractivity contribution in [1.82, 2.24) is 20.3 Å². The van der Waals surface area contributed by atoms with Gasteiger partial charge in [0.05, 0.1) is 0 Å². The SMILES string of the molecule is CC(C)Nc1nc2nonc2nc1NCc1ccccc1. The first kappa shape index (κ1) is 13.3. The number of nitrogens with one attached hydrogen (secondary N) is 2. The maximum Gasteiger partial charge on any atom is 0.245 e. The molecule has 0 amide bonds. The van der Waals surface area contributed by atoms with Gasteiger partial charge in [0, 0.05) is 12.6 Å². The molecule has 0 radical (unpaired) electrons. The van der Waals surface area contributed by atoms with Crippen LogP contribution in [-0.4, -0.2) is 26.3 Å². The second-order valence-electron chi connectivity index (χ2n) is 4.97. The summed E-state index contributed by atoms with van der Waals surface area (Å²) in [6.45, 7) is 4.72. The van der Waals surface area contributed by atoms with Crippen molar-refractivity contribution in [2.45, 2.75) is 26.4 Å². The highest BCUT2D eigenvalue weighted by Crippen LogP contribution is 2.20. The molecule has 0 atom stereocenters. The summed E-state index contributed by atoms with van der Waals surface area (Å²) in [4.78, 5) is 8.78. The highest BCUT2D eigenvalue weighted by molar-refractivity contribution is 5.73. The van der Waals surface area contributed by atoms with Crippen molar-refractivity contribution in [1.29, 1.82) is 0 Å². The maximum absolute atomic E-state index is 4.66. The molecule has 7 heteroatoms. The van der Waals surface area contributed by atoms with E-state index in [9.17, 15) is 0 Å². The van der Waals surface area contributed by atoms with Gasteiger partial charge >= 0.3 is 0 Å². The largest absolute Gasteiger partial charge is 0.365 e. The Labute approximate surface area is 121 Å². The highest BCUT2D eigenvalue weighted by atomic mass is 16.6. The molecule has 1 aromatic carbocycles. The van der Waals surface area contributed by atoms with Crippen molar-refractivity contribution >= 4 is 22.9 Å². The molecule has 2 aromatic heterocycles. The fraction of sp³-hybridized carbons (Fsp3) is 0.286. The molecule has 0 unspecified atom stereocenters. The van der Waals surface area contributed by atoms with Gasteiger partial charge in [-0.3, -0.25) is 0 Å². The topological polar surface area (TPSA) is 88.8 Å². The Morgan fingerprint density at radius 3 is 2.33 bits per heavy atom. The van der Waals surface area contributed by atoms with Crippen LogP contribution in [0.2, 0.25) is 0 Å². The van der Waals surface area contributed by atoms with Crippen LogP contribution in [0.25, 0.3) is 11.3 Å². The molecule has 0 bridgehead atoms. The lowest BCUT2D eigenvalue weighted by Crippen LogP contribution is -2.14. The average Bonchev–Trinajstić information content (AvgIpc) is 2.92. The molecule has 0 fully saturated rings. The van der Waals surface area contributed by atoms with Gasteiger partial charge in [0.25, 0.3) is 0 Å². The van der Waals surface area contributed by atoms with Crippen LogP contribution in [0.3, 0.4) is 0 Å². The van der Waals surface area contributed by atoms with Crippen molar-refractivity contribution in [2.75, 3.05) is 10.6 Å². The van der Waals surface area contributed by atoms with Gasteiger partial charge in [-0.2, -0.15) is 0 Å². The van der Waals surface area contributed by atoms with Gasteiger partial charge in [-0.15, -0.1) is 0 Å². The van der Waals surface area contributed by atoms with Gasteiger partial charge in [-0.05, 0) is 29.7 Å². The zero-order chi connectivity index (χ0) is 14.7. The van der Waals surface area contributed by atoms with E-state index in [1.165, 1.54) is 0 Å². The number of anilines is 2. The summed E-state index contributed by atoms with van der Waals surface area (Å²) < 4.78 is 4.66. The number of hydrogen-bond donors (Lipinski definition) is 2. The molecule has 0 saturated heterocycles. The molecule has 0 aliphatic carbocycles. The van der Waals surface area contributed by atoms with Crippen molar-refractivity contribution in [3.8, 4) is 0 Å². The molecule has 0 saturated carbocycles. The lowest BCUT2D eigenvalue weighted by atomic mass is 10.2. The van der Waals surface area contributed by atoms with E-state index in [0.29, 0.717) is 29.5 Å². The Kier molecular flexibility index (Phi) is 3.63. The van der Waals surface area contributed by atoms with Crippen molar-refractivity contribution < 1.29 is 4.63 Å². The third-order valence-corrected chi connectivity index (χ3v) is 2.84. The molecule has 3 rings (SSSR count). The smallest absolute Gasteiger partial charge is 0.245 e. The fourth-order valence-electron chi connectivity index (χ4n) is 1.92. The Balaban J connectivity index is 1.87. The predicted octanol–water partition coefficient (Wildman–Crippen LogP) is 2.45. The Bertz CT molecular complexity index is 725. The van der Waals surface area contributed by atoms with Crippen LogP contribution >= 0.6 is 0 Å². The second kappa shape index (κ2) is 5.74. The van der Waals surface area contributed by atoms with Crippen molar-refractivity contribution in [3.63, 3.8) is 0 Å². The van der Waals surface area contributed by atoms with Gasteiger partial charge in [0.1, 0.15) is 0 Å². The summed E-state index contributed by atoms with van der Waals surface area (Å²) in [6, 6.07) is 10.3. The first-order valence-electron chi connectivity index (χ1n) is 6.77. The third-order valence-electron chi connectivity index (χ3n) is 2.84. The van der Waals surface area contributed by atoms with E-state index in [-0.39, 0.29) is 6.04 Å². The predicted molar refractivity (Wildman–Crippen MR) is 79.9 cm³/mol. The summed E-state index contributed by atoms with van der Waals surface area (Å²) in [5.41, 5.74) is 1.94. The highest BCUT2D eigenvalue weighted by Gasteiger charge is 2.13. The summed E-state index contributed by atoms with van der Waals surface area (Å²) in [5.74, 6) is 1.28. The molecule has 3 aromatic rings. The normalized spacial score (nSPS) is 11.0. The van der Waals surface area contributed by atoms with Crippen LogP contribution in [0, 0.1) is 0 Å². The minimum atomic E-state index is 0.230. The van der Waals surface area contributed by atoms with E-state index in [0.717, 1.165) is 5.56 Å². The number of benzene rings is 1. The van der Waals surface area contributed by atoms with Crippen LogP contribution < -0.4 is 10.6 Å². The first-order valence-corrected chi connectivity index (χ1v) is 6.77. The summed E-state index contributed by atoms with van der Waals surface area (Å²) in [6.07, 6.45) is 0. The summed E-state index contributed by atoms with van der Waals surface area (Å²) >= 11 is 0.